The maximum atomic E-state index is 12.9. The first-order chi connectivity index (χ1) is 16.8. The second-order valence-corrected chi connectivity index (χ2v) is 8.97. The number of carbonyl (C=O) groups is 3. The van der Waals surface area contributed by atoms with E-state index in [1.165, 1.54) is 12.3 Å². The molecule has 3 aromatic rings. The number of nitrogens with one attached hydrogen (secondary N) is 2. The summed E-state index contributed by atoms with van der Waals surface area (Å²) in [5.41, 5.74) is 3.63. The fourth-order valence-corrected chi connectivity index (χ4v) is 3.79. The number of para-hydroxylation sites is 1. The number of carbonyl (C=O) groups excluding carboxylic acids is 3. The number of furan rings is 1. The number of ether oxygens (including phenoxy) is 1. The fourth-order valence-electron chi connectivity index (χ4n) is 3.79. The molecule has 0 aliphatic rings. The SMILES string of the molecule is CC(C)c1cccc(C(C)C)c1NC(=O)COC(=O)C(Cc1ccccc1)NC(=O)c1ccco1. The Hall–Kier alpha value is -3.87. The Bertz CT molecular complexity index is 1110. The zero-order chi connectivity index (χ0) is 25.4. The molecule has 7 nitrogen and oxygen atoms in total. The summed E-state index contributed by atoms with van der Waals surface area (Å²) in [4.78, 5) is 38.2. The standard InChI is InChI=1S/C28H32N2O5/c1-18(2)21-12-8-13-22(19(3)4)26(21)30-25(31)17-35-28(33)23(16-20-10-6-5-7-11-20)29-27(32)24-14-9-15-34-24/h5-15,18-19,23H,16-17H2,1-4H3,(H,29,32)(H,30,31). The van der Waals surface area contributed by atoms with Gasteiger partial charge in [0.15, 0.2) is 12.4 Å². The van der Waals surface area contributed by atoms with Crippen molar-refractivity contribution in [1.29, 1.82) is 0 Å². The van der Waals surface area contributed by atoms with Crippen LogP contribution in [0.3, 0.4) is 0 Å². The molecule has 1 atom stereocenters. The van der Waals surface area contributed by atoms with Gasteiger partial charge in [-0.1, -0.05) is 76.2 Å². The van der Waals surface area contributed by atoms with Crippen LogP contribution in [0.5, 0.6) is 0 Å². The lowest BCUT2D eigenvalue weighted by Crippen LogP contribution is -2.44. The average Bonchev–Trinajstić information content (AvgIpc) is 3.38. The van der Waals surface area contributed by atoms with E-state index in [9.17, 15) is 14.4 Å². The Labute approximate surface area is 205 Å². The third kappa shape index (κ3) is 7.06. The molecule has 1 heterocycles. The Morgan fingerprint density at radius 2 is 1.51 bits per heavy atom. The summed E-state index contributed by atoms with van der Waals surface area (Å²) >= 11 is 0. The van der Waals surface area contributed by atoms with Gasteiger partial charge in [0.05, 0.1) is 6.26 Å². The first kappa shape index (κ1) is 25.7. The zero-order valence-electron chi connectivity index (χ0n) is 20.5. The molecule has 7 heteroatoms. The number of hydrogen-bond acceptors (Lipinski definition) is 5. The van der Waals surface area contributed by atoms with E-state index in [1.807, 2.05) is 48.5 Å². The molecule has 0 aliphatic heterocycles. The van der Waals surface area contributed by atoms with E-state index < -0.39 is 30.4 Å². The van der Waals surface area contributed by atoms with Gasteiger partial charge < -0.3 is 19.8 Å². The van der Waals surface area contributed by atoms with Gasteiger partial charge in [-0.25, -0.2) is 4.79 Å². The first-order valence-electron chi connectivity index (χ1n) is 11.7. The summed E-state index contributed by atoms with van der Waals surface area (Å²) in [6.07, 6.45) is 1.59. The molecule has 35 heavy (non-hydrogen) atoms. The normalized spacial score (nSPS) is 11.8. The summed E-state index contributed by atoms with van der Waals surface area (Å²) < 4.78 is 10.5. The highest BCUT2D eigenvalue weighted by Crippen LogP contribution is 2.32. The van der Waals surface area contributed by atoms with Crippen LogP contribution in [0.25, 0.3) is 0 Å². The minimum absolute atomic E-state index is 0.0834. The van der Waals surface area contributed by atoms with Crippen LogP contribution in [0, 0.1) is 0 Å². The van der Waals surface area contributed by atoms with Crippen LogP contribution in [0.2, 0.25) is 0 Å². The van der Waals surface area contributed by atoms with Crippen molar-refractivity contribution in [1.82, 2.24) is 5.32 Å². The van der Waals surface area contributed by atoms with Crippen molar-refractivity contribution in [2.75, 3.05) is 11.9 Å². The van der Waals surface area contributed by atoms with Gasteiger partial charge in [-0.3, -0.25) is 9.59 Å². The highest BCUT2D eigenvalue weighted by Gasteiger charge is 2.25. The summed E-state index contributed by atoms with van der Waals surface area (Å²) in [7, 11) is 0. The monoisotopic (exact) mass is 476 g/mol. The summed E-state index contributed by atoms with van der Waals surface area (Å²) in [6.45, 7) is 7.77. The molecular formula is C28H32N2O5. The van der Waals surface area contributed by atoms with Gasteiger partial charge in [-0.05, 0) is 40.7 Å². The van der Waals surface area contributed by atoms with Crippen molar-refractivity contribution in [3.63, 3.8) is 0 Å². The van der Waals surface area contributed by atoms with Crippen molar-refractivity contribution in [3.05, 3.63) is 89.4 Å². The number of hydrogen-bond donors (Lipinski definition) is 2. The topological polar surface area (TPSA) is 97.6 Å². The van der Waals surface area contributed by atoms with E-state index in [4.69, 9.17) is 9.15 Å². The predicted molar refractivity (Wildman–Crippen MR) is 134 cm³/mol. The number of amides is 2. The van der Waals surface area contributed by atoms with E-state index in [2.05, 4.69) is 38.3 Å². The molecule has 184 valence electrons. The molecule has 0 fully saturated rings. The number of esters is 1. The van der Waals surface area contributed by atoms with E-state index in [1.54, 1.807) is 6.07 Å². The molecular weight excluding hydrogens is 444 g/mol. The summed E-state index contributed by atoms with van der Waals surface area (Å²) in [5.74, 6) is -1.18. The van der Waals surface area contributed by atoms with Crippen LogP contribution in [0.4, 0.5) is 5.69 Å². The fraction of sp³-hybridized carbons (Fsp3) is 0.321. The van der Waals surface area contributed by atoms with Crippen LogP contribution in [0.15, 0.2) is 71.3 Å². The molecule has 0 aliphatic carbocycles. The molecule has 0 spiro atoms. The van der Waals surface area contributed by atoms with Crippen molar-refractivity contribution in [2.45, 2.75) is 52.0 Å². The van der Waals surface area contributed by atoms with Gasteiger partial charge in [0.25, 0.3) is 11.8 Å². The Kier molecular flexibility index (Phi) is 8.84. The number of rotatable bonds is 10. The third-order valence-electron chi connectivity index (χ3n) is 5.60. The maximum Gasteiger partial charge on any atom is 0.329 e. The number of benzene rings is 2. The Balaban J connectivity index is 1.70. The largest absolute Gasteiger partial charge is 0.459 e. The smallest absolute Gasteiger partial charge is 0.329 e. The van der Waals surface area contributed by atoms with Crippen LogP contribution in [0.1, 0.15) is 66.8 Å². The average molecular weight is 477 g/mol. The molecule has 0 radical (unpaired) electrons. The van der Waals surface area contributed by atoms with Crippen LogP contribution in [-0.4, -0.2) is 30.4 Å². The van der Waals surface area contributed by atoms with E-state index >= 15 is 0 Å². The molecule has 1 unspecified atom stereocenters. The minimum Gasteiger partial charge on any atom is -0.459 e. The van der Waals surface area contributed by atoms with Crippen LogP contribution in [-0.2, 0) is 20.7 Å². The summed E-state index contributed by atoms with van der Waals surface area (Å²) in [5, 5.41) is 5.58. The molecule has 0 saturated carbocycles. The lowest BCUT2D eigenvalue weighted by atomic mass is 9.92. The van der Waals surface area contributed by atoms with Gasteiger partial charge >= 0.3 is 5.97 Å². The molecule has 3 rings (SSSR count). The second-order valence-electron chi connectivity index (χ2n) is 8.97. The zero-order valence-corrected chi connectivity index (χ0v) is 20.5. The Morgan fingerprint density at radius 3 is 2.09 bits per heavy atom. The van der Waals surface area contributed by atoms with Crippen LogP contribution >= 0.6 is 0 Å². The van der Waals surface area contributed by atoms with Gasteiger partial charge in [0.1, 0.15) is 6.04 Å². The quantitative estimate of drug-likeness (QED) is 0.399. The molecule has 0 bridgehead atoms. The van der Waals surface area contributed by atoms with E-state index in [0.29, 0.717) is 0 Å². The van der Waals surface area contributed by atoms with Gasteiger partial charge in [-0.2, -0.15) is 0 Å². The highest BCUT2D eigenvalue weighted by atomic mass is 16.5. The summed E-state index contributed by atoms with van der Waals surface area (Å²) in [6, 6.07) is 17.3. The molecule has 1 aromatic heterocycles. The molecule has 2 aromatic carbocycles. The molecule has 2 amide bonds. The maximum absolute atomic E-state index is 12.9. The van der Waals surface area contributed by atoms with Crippen molar-refractivity contribution in [2.24, 2.45) is 0 Å². The predicted octanol–water partition coefficient (Wildman–Crippen LogP) is 5.05. The lowest BCUT2D eigenvalue weighted by Gasteiger charge is -2.21. The van der Waals surface area contributed by atoms with E-state index in [-0.39, 0.29) is 24.0 Å². The first-order valence-corrected chi connectivity index (χ1v) is 11.7. The third-order valence-corrected chi connectivity index (χ3v) is 5.60. The highest BCUT2D eigenvalue weighted by molar-refractivity contribution is 5.96. The van der Waals surface area contributed by atoms with Crippen molar-refractivity contribution < 1.29 is 23.5 Å². The van der Waals surface area contributed by atoms with Gasteiger partial charge in [0, 0.05) is 12.1 Å². The Morgan fingerprint density at radius 1 is 0.857 bits per heavy atom. The van der Waals surface area contributed by atoms with Crippen LogP contribution < -0.4 is 10.6 Å². The molecule has 0 saturated heterocycles. The number of anilines is 1. The second kappa shape index (κ2) is 12.0. The van der Waals surface area contributed by atoms with Crippen molar-refractivity contribution >= 4 is 23.5 Å². The lowest BCUT2D eigenvalue weighted by molar-refractivity contribution is -0.149. The van der Waals surface area contributed by atoms with Gasteiger partial charge in [0.2, 0.25) is 0 Å². The van der Waals surface area contributed by atoms with Crippen molar-refractivity contribution in [3.8, 4) is 0 Å². The van der Waals surface area contributed by atoms with Gasteiger partial charge in [-0.15, -0.1) is 0 Å². The minimum atomic E-state index is -0.989. The van der Waals surface area contributed by atoms with E-state index in [0.717, 1.165) is 22.4 Å². The molecule has 2 N–H and O–H groups in total.